The van der Waals surface area contributed by atoms with Gasteiger partial charge in [0.2, 0.25) is 0 Å². The third kappa shape index (κ3) is 2.35. The van der Waals surface area contributed by atoms with Crippen LogP contribution in [-0.4, -0.2) is 29.8 Å². The van der Waals surface area contributed by atoms with E-state index in [4.69, 9.17) is 14.7 Å². The number of carbonyl (C=O) groups excluding carboxylic acids is 1. The monoisotopic (exact) mass is 191 g/mol. The molecule has 0 saturated heterocycles. The number of imidazole rings is 1. The fourth-order valence-electron chi connectivity index (χ4n) is 0.631. The van der Waals surface area contributed by atoms with Crippen LogP contribution in [0.5, 0.6) is 0 Å². The number of hydrogen-bond acceptors (Lipinski definition) is 5. The van der Waals surface area contributed by atoms with Crippen molar-refractivity contribution < 1.29 is 19.5 Å². The fraction of sp³-hybridized carbons (Fsp3) is 0.200. The van der Waals surface area contributed by atoms with E-state index in [0.29, 0.717) is 0 Å². The SMILES string of the molecule is O=C(Cn1ccnc1)[P+](O)(O)O. The number of hydrogen-bond donors (Lipinski definition) is 3. The third-order valence-electron chi connectivity index (χ3n) is 1.21. The Labute approximate surface area is 68.7 Å². The Hall–Kier alpha value is -0.810. The zero-order valence-electron chi connectivity index (χ0n) is 6.03. The largest absolute Gasteiger partial charge is 0.480 e. The van der Waals surface area contributed by atoms with Crippen molar-refractivity contribution in [2.24, 2.45) is 0 Å². The lowest BCUT2D eigenvalue weighted by molar-refractivity contribution is -0.114. The molecular formula is C5H8N2O4P+. The average molecular weight is 191 g/mol. The number of carbonyl (C=O) groups is 1. The Morgan fingerprint density at radius 1 is 1.50 bits per heavy atom. The molecule has 3 N–H and O–H groups in total. The first-order valence-corrected chi connectivity index (χ1v) is 4.71. The molecule has 0 aliphatic heterocycles. The van der Waals surface area contributed by atoms with Crippen molar-refractivity contribution in [3.63, 3.8) is 0 Å². The molecule has 1 rings (SSSR count). The van der Waals surface area contributed by atoms with Crippen molar-refractivity contribution >= 4 is 13.5 Å². The molecule has 0 aliphatic carbocycles. The van der Waals surface area contributed by atoms with Crippen molar-refractivity contribution in [3.8, 4) is 0 Å². The molecule has 1 heterocycles. The van der Waals surface area contributed by atoms with Gasteiger partial charge in [-0.2, -0.15) is 14.7 Å². The molecular weight excluding hydrogens is 183 g/mol. The van der Waals surface area contributed by atoms with Crippen LogP contribution in [0.25, 0.3) is 0 Å². The number of aromatic nitrogens is 2. The maximum Gasteiger partial charge on any atom is 0.480 e. The minimum absolute atomic E-state index is 0.280. The minimum Gasteiger partial charge on any atom is -0.326 e. The molecule has 0 bridgehead atoms. The molecule has 12 heavy (non-hydrogen) atoms. The van der Waals surface area contributed by atoms with E-state index in [1.54, 1.807) is 0 Å². The molecule has 0 fully saturated rings. The Balaban J connectivity index is 2.60. The summed E-state index contributed by atoms with van der Waals surface area (Å²) in [5.41, 5.74) is -1.000. The second-order valence-electron chi connectivity index (χ2n) is 2.20. The topological polar surface area (TPSA) is 95.6 Å². The first-order valence-electron chi connectivity index (χ1n) is 3.06. The summed E-state index contributed by atoms with van der Waals surface area (Å²) < 4.78 is 1.33. The van der Waals surface area contributed by atoms with Crippen molar-refractivity contribution in [1.82, 2.24) is 9.55 Å². The van der Waals surface area contributed by atoms with Gasteiger partial charge in [-0.05, 0) is 0 Å². The molecule has 6 nitrogen and oxygen atoms in total. The molecule has 0 spiro atoms. The summed E-state index contributed by atoms with van der Waals surface area (Å²) >= 11 is 0. The van der Waals surface area contributed by atoms with Crippen molar-refractivity contribution in [3.05, 3.63) is 18.7 Å². The molecule has 0 amide bonds. The van der Waals surface area contributed by atoms with Gasteiger partial charge in [0.15, 0.2) is 0 Å². The predicted molar refractivity (Wildman–Crippen MR) is 40.8 cm³/mol. The second kappa shape index (κ2) is 3.28. The van der Waals surface area contributed by atoms with Gasteiger partial charge in [0.25, 0.3) is 0 Å². The molecule has 1 aromatic heterocycles. The standard InChI is InChI=1S/C5H8N2O4P/c8-5(12(9,10)11)3-7-2-1-6-4-7/h1-2,4,9-11H,3H2/q+1. The maximum absolute atomic E-state index is 10.8. The molecule has 0 unspecified atom stereocenters. The molecule has 7 heteroatoms. The summed E-state index contributed by atoms with van der Waals surface area (Å²) in [7, 11) is -4.34. The summed E-state index contributed by atoms with van der Waals surface area (Å²) in [4.78, 5) is 40.0. The smallest absolute Gasteiger partial charge is 0.326 e. The van der Waals surface area contributed by atoms with Gasteiger partial charge in [0, 0.05) is 12.4 Å². The van der Waals surface area contributed by atoms with Gasteiger partial charge in [-0.1, -0.05) is 0 Å². The van der Waals surface area contributed by atoms with E-state index in [9.17, 15) is 4.79 Å². The highest BCUT2D eigenvalue weighted by Crippen LogP contribution is 2.45. The Morgan fingerprint density at radius 3 is 2.58 bits per heavy atom. The summed E-state index contributed by atoms with van der Waals surface area (Å²) in [5.74, 6) is 0. The van der Waals surface area contributed by atoms with E-state index in [2.05, 4.69) is 4.98 Å². The van der Waals surface area contributed by atoms with Crippen LogP contribution >= 0.6 is 7.94 Å². The first kappa shape index (κ1) is 9.28. The van der Waals surface area contributed by atoms with Crippen LogP contribution in [0.2, 0.25) is 0 Å². The van der Waals surface area contributed by atoms with E-state index in [0.717, 1.165) is 0 Å². The molecule has 1 aromatic rings. The average Bonchev–Trinajstić information content (AvgIpc) is 2.37. The zero-order valence-corrected chi connectivity index (χ0v) is 6.93. The predicted octanol–water partition coefficient (Wildman–Crippen LogP) is -0.851. The number of rotatable bonds is 3. The van der Waals surface area contributed by atoms with Crippen LogP contribution in [0, 0.1) is 0 Å². The van der Waals surface area contributed by atoms with Crippen LogP contribution in [0.4, 0.5) is 0 Å². The molecule has 0 aliphatic rings. The van der Waals surface area contributed by atoms with E-state index < -0.39 is 13.5 Å². The summed E-state index contributed by atoms with van der Waals surface area (Å²) in [6.07, 6.45) is 4.26. The first-order chi connectivity index (χ1) is 5.50. The number of nitrogens with zero attached hydrogens (tertiary/aromatic N) is 2. The second-order valence-corrected chi connectivity index (χ2v) is 3.83. The fourth-order valence-corrected chi connectivity index (χ4v) is 0.984. The molecule has 0 saturated carbocycles. The van der Waals surface area contributed by atoms with Gasteiger partial charge < -0.3 is 4.57 Å². The quantitative estimate of drug-likeness (QED) is 0.541. The molecule has 0 radical (unpaired) electrons. The van der Waals surface area contributed by atoms with Crippen LogP contribution in [0.15, 0.2) is 18.7 Å². The minimum atomic E-state index is -4.34. The Kier molecular flexibility index (Phi) is 2.54. The van der Waals surface area contributed by atoms with Crippen molar-refractivity contribution in [2.75, 3.05) is 0 Å². The maximum atomic E-state index is 10.8. The lowest BCUT2D eigenvalue weighted by Gasteiger charge is -2.01. The van der Waals surface area contributed by atoms with E-state index in [1.807, 2.05) is 0 Å². The van der Waals surface area contributed by atoms with Crippen molar-refractivity contribution in [2.45, 2.75) is 6.54 Å². The van der Waals surface area contributed by atoms with Crippen molar-refractivity contribution in [1.29, 1.82) is 0 Å². The van der Waals surface area contributed by atoms with Gasteiger partial charge in [0.05, 0.1) is 6.33 Å². The third-order valence-corrected chi connectivity index (χ3v) is 2.02. The highest BCUT2D eigenvalue weighted by Gasteiger charge is 2.41. The van der Waals surface area contributed by atoms with Gasteiger partial charge in [-0.3, -0.25) is 0 Å². The molecule has 66 valence electrons. The van der Waals surface area contributed by atoms with Crippen LogP contribution < -0.4 is 0 Å². The van der Waals surface area contributed by atoms with Crippen LogP contribution in [-0.2, 0) is 11.3 Å². The zero-order chi connectivity index (χ0) is 9.19. The highest BCUT2D eigenvalue weighted by molar-refractivity contribution is 7.76. The van der Waals surface area contributed by atoms with E-state index in [-0.39, 0.29) is 6.54 Å². The normalized spacial score (nSPS) is 11.6. The lowest BCUT2D eigenvalue weighted by Crippen LogP contribution is -2.12. The van der Waals surface area contributed by atoms with Gasteiger partial charge in [-0.25, -0.2) is 9.78 Å². The summed E-state index contributed by atoms with van der Waals surface area (Å²) in [5, 5.41) is 0. The van der Waals surface area contributed by atoms with Crippen LogP contribution in [0.1, 0.15) is 0 Å². The van der Waals surface area contributed by atoms with Crippen LogP contribution in [0.3, 0.4) is 0 Å². The van der Waals surface area contributed by atoms with E-state index in [1.165, 1.54) is 23.3 Å². The molecule has 0 atom stereocenters. The van der Waals surface area contributed by atoms with Gasteiger partial charge in [0.1, 0.15) is 6.54 Å². The highest BCUT2D eigenvalue weighted by atomic mass is 31.2. The van der Waals surface area contributed by atoms with Gasteiger partial charge >= 0.3 is 13.5 Å². The van der Waals surface area contributed by atoms with Gasteiger partial charge in [-0.15, -0.1) is 0 Å². The summed E-state index contributed by atoms with van der Waals surface area (Å²) in [6.45, 7) is -0.280. The molecule has 0 aromatic carbocycles. The lowest BCUT2D eigenvalue weighted by atomic mass is 10.7. The van der Waals surface area contributed by atoms with E-state index >= 15 is 0 Å². The Morgan fingerprint density at radius 2 is 2.17 bits per heavy atom. The summed E-state index contributed by atoms with van der Waals surface area (Å²) in [6, 6.07) is 0. The Bertz CT molecular complexity index is 265.